The second kappa shape index (κ2) is 10.4. The van der Waals surface area contributed by atoms with Gasteiger partial charge in [-0.3, -0.25) is 9.59 Å². The Morgan fingerprint density at radius 1 is 1.08 bits per heavy atom. The van der Waals surface area contributed by atoms with Crippen molar-refractivity contribution >= 4 is 27.3 Å². The first-order valence-corrected chi connectivity index (χ1v) is 14.1. The van der Waals surface area contributed by atoms with Gasteiger partial charge in [0, 0.05) is 49.1 Å². The van der Waals surface area contributed by atoms with E-state index >= 15 is 0 Å². The van der Waals surface area contributed by atoms with Crippen LogP contribution in [0.3, 0.4) is 0 Å². The Morgan fingerprint density at radius 3 is 2.41 bits per heavy atom. The molecule has 1 saturated heterocycles. The molecule has 0 bridgehead atoms. The smallest absolute Gasteiger partial charge is 0.270 e. The molecule has 0 aromatic heterocycles. The molecule has 2 aromatic rings. The summed E-state index contributed by atoms with van der Waals surface area (Å²) < 4.78 is 65.5. The van der Waals surface area contributed by atoms with Gasteiger partial charge in [-0.15, -0.1) is 0 Å². The SMILES string of the molecule is CC(F)(F)c1ccc(CNC(=O)[C@H]2CCCN2C(=O)c2cc(S(C)(=O)=O)ccc2NC2CCC2)c(F)c1. The van der Waals surface area contributed by atoms with Crippen LogP contribution in [-0.2, 0) is 27.1 Å². The Morgan fingerprint density at radius 2 is 1.81 bits per heavy atom. The van der Waals surface area contributed by atoms with E-state index in [0.29, 0.717) is 32.0 Å². The molecule has 4 rings (SSSR count). The van der Waals surface area contributed by atoms with Gasteiger partial charge in [0.25, 0.3) is 11.8 Å². The maximum absolute atomic E-state index is 14.3. The molecule has 1 aliphatic carbocycles. The molecule has 11 heteroatoms. The lowest BCUT2D eigenvalue weighted by atomic mass is 9.92. The normalized spacial score (nSPS) is 18.4. The predicted octanol–water partition coefficient (Wildman–Crippen LogP) is 4.23. The molecule has 1 saturated carbocycles. The fourth-order valence-corrected chi connectivity index (χ4v) is 5.18. The van der Waals surface area contributed by atoms with Gasteiger partial charge < -0.3 is 15.5 Å². The Hall–Kier alpha value is -3.08. The van der Waals surface area contributed by atoms with Gasteiger partial charge in [-0.2, -0.15) is 0 Å². The summed E-state index contributed by atoms with van der Waals surface area (Å²) in [6.07, 6.45) is 4.98. The third kappa shape index (κ3) is 6.08. The lowest BCUT2D eigenvalue weighted by Gasteiger charge is -2.30. The topological polar surface area (TPSA) is 95.6 Å². The maximum atomic E-state index is 14.3. The summed E-state index contributed by atoms with van der Waals surface area (Å²) in [6.45, 7) is 0.752. The number of carbonyl (C=O) groups excluding carboxylic acids is 2. The van der Waals surface area contributed by atoms with Crippen molar-refractivity contribution in [3.8, 4) is 0 Å². The van der Waals surface area contributed by atoms with Crippen LogP contribution in [0.1, 0.15) is 60.5 Å². The van der Waals surface area contributed by atoms with Gasteiger partial charge in [0.15, 0.2) is 9.84 Å². The first kappa shape index (κ1) is 27.0. The van der Waals surface area contributed by atoms with E-state index in [0.717, 1.165) is 37.7 Å². The van der Waals surface area contributed by atoms with E-state index in [-0.39, 0.29) is 28.6 Å². The number of anilines is 1. The average Bonchev–Trinajstić information content (AvgIpc) is 3.28. The quantitative estimate of drug-likeness (QED) is 0.526. The number of nitrogens with one attached hydrogen (secondary N) is 2. The number of amides is 2. The van der Waals surface area contributed by atoms with Gasteiger partial charge in [0.1, 0.15) is 11.9 Å². The molecule has 0 radical (unpaired) electrons. The van der Waals surface area contributed by atoms with Crippen LogP contribution in [0.5, 0.6) is 0 Å². The summed E-state index contributed by atoms with van der Waals surface area (Å²) in [5.41, 5.74) is 0.278. The highest BCUT2D eigenvalue weighted by Gasteiger charge is 2.36. The zero-order chi connectivity index (χ0) is 27.0. The summed E-state index contributed by atoms with van der Waals surface area (Å²) in [7, 11) is -3.57. The Labute approximate surface area is 214 Å². The van der Waals surface area contributed by atoms with Crippen LogP contribution in [0.2, 0.25) is 0 Å². The Kier molecular flexibility index (Phi) is 7.55. The fourth-order valence-electron chi connectivity index (χ4n) is 4.53. The zero-order valence-corrected chi connectivity index (χ0v) is 21.5. The molecular formula is C26H30F3N3O4S. The summed E-state index contributed by atoms with van der Waals surface area (Å²) in [5.74, 6) is -5.01. The molecule has 37 heavy (non-hydrogen) atoms. The van der Waals surface area contributed by atoms with Crippen LogP contribution < -0.4 is 10.6 Å². The minimum Gasteiger partial charge on any atom is -0.382 e. The first-order valence-electron chi connectivity index (χ1n) is 12.2. The van der Waals surface area contributed by atoms with Gasteiger partial charge in [-0.05, 0) is 56.4 Å². The van der Waals surface area contributed by atoms with E-state index in [4.69, 9.17) is 0 Å². The lowest BCUT2D eigenvalue weighted by molar-refractivity contribution is -0.125. The Bertz CT molecular complexity index is 1310. The van der Waals surface area contributed by atoms with Crippen molar-refractivity contribution in [2.24, 2.45) is 0 Å². The van der Waals surface area contributed by atoms with Crippen molar-refractivity contribution in [1.82, 2.24) is 10.2 Å². The van der Waals surface area contributed by atoms with Crippen LogP contribution in [0.25, 0.3) is 0 Å². The molecule has 2 aliphatic rings. The molecule has 2 aromatic carbocycles. The van der Waals surface area contributed by atoms with E-state index in [1.54, 1.807) is 6.07 Å². The molecule has 1 atom stereocenters. The monoisotopic (exact) mass is 537 g/mol. The highest BCUT2D eigenvalue weighted by atomic mass is 32.2. The highest BCUT2D eigenvalue weighted by molar-refractivity contribution is 7.90. The van der Waals surface area contributed by atoms with Gasteiger partial charge in [-0.25, -0.2) is 21.6 Å². The number of alkyl halides is 2. The van der Waals surface area contributed by atoms with Crippen molar-refractivity contribution in [1.29, 1.82) is 0 Å². The number of nitrogens with zero attached hydrogens (tertiary/aromatic N) is 1. The van der Waals surface area contributed by atoms with E-state index in [1.165, 1.54) is 23.1 Å². The van der Waals surface area contributed by atoms with Crippen molar-refractivity contribution < 1.29 is 31.2 Å². The van der Waals surface area contributed by atoms with Crippen molar-refractivity contribution in [2.45, 2.75) is 68.5 Å². The van der Waals surface area contributed by atoms with Crippen molar-refractivity contribution in [2.75, 3.05) is 18.1 Å². The highest BCUT2D eigenvalue weighted by Crippen LogP contribution is 2.31. The largest absolute Gasteiger partial charge is 0.382 e. The van der Waals surface area contributed by atoms with Crippen LogP contribution >= 0.6 is 0 Å². The van der Waals surface area contributed by atoms with Crippen molar-refractivity contribution in [3.05, 3.63) is 58.9 Å². The fraction of sp³-hybridized carbons (Fsp3) is 0.462. The zero-order valence-electron chi connectivity index (χ0n) is 20.7. The van der Waals surface area contributed by atoms with Gasteiger partial charge in [0.05, 0.1) is 10.5 Å². The molecule has 0 spiro atoms. The molecule has 0 unspecified atom stereocenters. The number of benzene rings is 2. The number of likely N-dealkylation sites (tertiary alicyclic amines) is 1. The molecule has 2 amide bonds. The average molecular weight is 538 g/mol. The maximum Gasteiger partial charge on any atom is 0.270 e. The van der Waals surface area contributed by atoms with Gasteiger partial charge >= 0.3 is 0 Å². The number of rotatable bonds is 8. The molecule has 1 heterocycles. The minimum atomic E-state index is -3.57. The third-order valence-electron chi connectivity index (χ3n) is 6.94. The molecule has 7 nitrogen and oxygen atoms in total. The number of hydrogen-bond acceptors (Lipinski definition) is 5. The van der Waals surface area contributed by atoms with E-state index in [1.807, 2.05) is 0 Å². The standard InChI is InChI=1S/C26H30F3N3O4S/c1-26(28,29)17-9-8-16(21(27)13-17)15-30-24(33)23-7-4-12-32(23)25(34)20-14-19(37(2,35)36)10-11-22(20)31-18-5-3-6-18/h8-11,13-14,18,23,31H,3-7,12,15H2,1-2H3,(H,30,33)/t23-/m1/s1. The van der Waals surface area contributed by atoms with Crippen LogP contribution in [-0.4, -0.2) is 50.0 Å². The lowest BCUT2D eigenvalue weighted by Crippen LogP contribution is -2.46. The summed E-state index contributed by atoms with van der Waals surface area (Å²) in [4.78, 5) is 28.0. The molecule has 2 fully saturated rings. The summed E-state index contributed by atoms with van der Waals surface area (Å²) in [5, 5.41) is 5.91. The molecule has 2 N–H and O–H groups in total. The summed E-state index contributed by atoms with van der Waals surface area (Å²) >= 11 is 0. The molecule has 1 aliphatic heterocycles. The van der Waals surface area contributed by atoms with Crippen molar-refractivity contribution in [3.63, 3.8) is 0 Å². The molecular weight excluding hydrogens is 507 g/mol. The first-order chi connectivity index (χ1) is 17.3. The number of carbonyl (C=O) groups is 2. The minimum absolute atomic E-state index is 0.00628. The predicted molar refractivity (Wildman–Crippen MR) is 133 cm³/mol. The van der Waals surface area contributed by atoms with Crippen LogP contribution in [0.15, 0.2) is 41.3 Å². The van der Waals surface area contributed by atoms with E-state index < -0.39 is 45.0 Å². The number of sulfone groups is 1. The number of halogens is 3. The van der Waals surface area contributed by atoms with E-state index in [2.05, 4.69) is 10.6 Å². The summed E-state index contributed by atoms with van der Waals surface area (Å²) in [6, 6.07) is 6.81. The van der Waals surface area contributed by atoms with Crippen LogP contribution in [0.4, 0.5) is 18.9 Å². The van der Waals surface area contributed by atoms with Gasteiger partial charge in [0.2, 0.25) is 5.91 Å². The third-order valence-corrected chi connectivity index (χ3v) is 8.05. The number of hydrogen-bond donors (Lipinski definition) is 2. The second-order valence-electron chi connectivity index (χ2n) is 9.82. The van der Waals surface area contributed by atoms with E-state index in [9.17, 15) is 31.2 Å². The second-order valence-corrected chi connectivity index (χ2v) is 11.8. The van der Waals surface area contributed by atoms with Gasteiger partial charge in [-0.1, -0.05) is 12.1 Å². The Balaban J connectivity index is 1.51. The molecule has 200 valence electrons. The van der Waals surface area contributed by atoms with Crippen LogP contribution in [0, 0.1) is 5.82 Å².